The first-order valence-electron chi connectivity index (χ1n) is 7.86. The van der Waals surface area contributed by atoms with Crippen LogP contribution in [0.15, 0.2) is 24.3 Å². The molecule has 5 nitrogen and oxygen atoms in total. The van der Waals surface area contributed by atoms with E-state index in [1.807, 2.05) is 11.8 Å². The van der Waals surface area contributed by atoms with Crippen molar-refractivity contribution in [3.05, 3.63) is 24.3 Å². The van der Waals surface area contributed by atoms with Crippen LogP contribution < -0.4 is 20.7 Å². The fourth-order valence-electron chi connectivity index (χ4n) is 2.76. The molecule has 2 unspecified atom stereocenters. The number of amides is 1. The summed E-state index contributed by atoms with van der Waals surface area (Å²) in [6.45, 7) is 0.331. The van der Waals surface area contributed by atoms with Crippen LogP contribution in [0.3, 0.4) is 0 Å². The Hall–Kier alpha value is -1.89. The first-order chi connectivity index (χ1) is 11.0. The fraction of sp³-hybridized carbons (Fsp3) is 0.562. The van der Waals surface area contributed by atoms with Gasteiger partial charge < -0.3 is 20.7 Å². The van der Waals surface area contributed by atoms with Gasteiger partial charge in [-0.15, -0.1) is 0 Å². The molecular formula is C16H23F2N3O2. The number of carbonyl (C=O) groups is 1. The summed E-state index contributed by atoms with van der Waals surface area (Å²) in [6, 6.07) is 6.15. The van der Waals surface area contributed by atoms with Crippen molar-refractivity contribution >= 4 is 11.6 Å². The highest BCUT2D eigenvalue weighted by molar-refractivity contribution is 5.81. The van der Waals surface area contributed by atoms with Crippen LogP contribution in [0.4, 0.5) is 14.5 Å². The number of alkyl halides is 2. The molecule has 23 heavy (non-hydrogen) atoms. The Morgan fingerprint density at radius 3 is 2.91 bits per heavy atom. The standard InChI is InChI=1S/C16H23F2N3O2/c1-2-5-12(19)15(22)20-11-8-9-21(10-11)13-6-3-4-7-14(13)23-16(17)18/h3-4,6-7,11-12,16H,2,5,8-10,19H2,1H3,(H,20,22). The summed E-state index contributed by atoms with van der Waals surface area (Å²) >= 11 is 0. The topological polar surface area (TPSA) is 67.6 Å². The molecular weight excluding hydrogens is 304 g/mol. The maximum absolute atomic E-state index is 12.5. The number of halogens is 2. The zero-order valence-corrected chi connectivity index (χ0v) is 13.2. The zero-order chi connectivity index (χ0) is 16.8. The molecule has 3 N–H and O–H groups in total. The monoisotopic (exact) mass is 327 g/mol. The van der Waals surface area contributed by atoms with Gasteiger partial charge in [0, 0.05) is 19.1 Å². The molecule has 0 spiro atoms. The number of nitrogens with zero attached hydrogens (tertiary/aromatic N) is 1. The fourth-order valence-corrected chi connectivity index (χ4v) is 2.76. The minimum Gasteiger partial charge on any atom is -0.433 e. The molecule has 1 aromatic rings. The number of ether oxygens (including phenoxy) is 1. The second-order valence-corrected chi connectivity index (χ2v) is 5.68. The van der Waals surface area contributed by atoms with Crippen LogP contribution in [0.2, 0.25) is 0 Å². The molecule has 7 heteroatoms. The van der Waals surface area contributed by atoms with Gasteiger partial charge >= 0.3 is 6.61 Å². The zero-order valence-electron chi connectivity index (χ0n) is 13.2. The molecule has 1 saturated heterocycles. The van der Waals surface area contributed by atoms with Crippen LogP contribution in [-0.2, 0) is 4.79 Å². The number of nitrogens with two attached hydrogens (primary N) is 1. The van der Waals surface area contributed by atoms with Crippen molar-refractivity contribution in [2.75, 3.05) is 18.0 Å². The summed E-state index contributed by atoms with van der Waals surface area (Å²) in [5, 5.41) is 2.93. The van der Waals surface area contributed by atoms with E-state index in [2.05, 4.69) is 10.1 Å². The molecule has 0 aromatic heterocycles. The van der Waals surface area contributed by atoms with Gasteiger partial charge in [0.25, 0.3) is 0 Å². The molecule has 128 valence electrons. The first-order valence-corrected chi connectivity index (χ1v) is 7.86. The Balaban J connectivity index is 1.96. The molecule has 1 heterocycles. The second kappa shape index (κ2) is 8.10. The van der Waals surface area contributed by atoms with Gasteiger partial charge in [-0.05, 0) is 25.0 Å². The van der Waals surface area contributed by atoms with E-state index in [0.29, 0.717) is 25.2 Å². The van der Waals surface area contributed by atoms with Crippen molar-refractivity contribution in [1.29, 1.82) is 0 Å². The van der Waals surface area contributed by atoms with Crippen LogP contribution in [-0.4, -0.2) is 37.7 Å². The van der Waals surface area contributed by atoms with Gasteiger partial charge in [-0.2, -0.15) is 8.78 Å². The van der Waals surface area contributed by atoms with Gasteiger partial charge in [-0.25, -0.2) is 0 Å². The van der Waals surface area contributed by atoms with Crippen molar-refractivity contribution in [3.8, 4) is 5.75 Å². The van der Waals surface area contributed by atoms with E-state index in [-0.39, 0.29) is 17.7 Å². The summed E-state index contributed by atoms with van der Waals surface area (Å²) in [5.74, 6) is -0.00650. The Labute approximate surface area is 134 Å². The van der Waals surface area contributed by atoms with Crippen LogP contribution in [0.1, 0.15) is 26.2 Å². The molecule has 2 rings (SSSR count). The highest BCUT2D eigenvalue weighted by atomic mass is 19.3. The normalized spacial score (nSPS) is 19.0. The highest BCUT2D eigenvalue weighted by Gasteiger charge is 2.27. The van der Waals surface area contributed by atoms with Crippen LogP contribution in [0, 0.1) is 0 Å². The van der Waals surface area contributed by atoms with Crippen molar-refractivity contribution < 1.29 is 18.3 Å². The average molecular weight is 327 g/mol. The van der Waals surface area contributed by atoms with Gasteiger partial charge in [0.1, 0.15) is 5.75 Å². The third-order valence-electron chi connectivity index (χ3n) is 3.89. The lowest BCUT2D eigenvalue weighted by Gasteiger charge is -2.22. The summed E-state index contributed by atoms with van der Waals surface area (Å²) in [7, 11) is 0. The molecule has 1 amide bonds. The van der Waals surface area contributed by atoms with Crippen LogP contribution in [0.5, 0.6) is 5.75 Å². The quantitative estimate of drug-likeness (QED) is 0.805. The number of carbonyl (C=O) groups excluding carboxylic acids is 1. The Bertz CT molecular complexity index is 528. The van der Waals surface area contributed by atoms with E-state index in [4.69, 9.17) is 5.73 Å². The molecule has 0 saturated carbocycles. The lowest BCUT2D eigenvalue weighted by molar-refractivity contribution is -0.123. The third-order valence-corrected chi connectivity index (χ3v) is 3.89. The minimum atomic E-state index is -2.86. The smallest absolute Gasteiger partial charge is 0.387 e. The number of hydrogen-bond donors (Lipinski definition) is 2. The number of benzene rings is 1. The van der Waals surface area contributed by atoms with Crippen molar-refractivity contribution in [1.82, 2.24) is 5.32 Å². The number of rotatable bonds is 7. The Kier molecular flexibility index (Phi) is 6.15. The molecule has 0 aliphatic carbocycles. The second-order valence-electron chi connectivity index (χ2n) is 5.68. The molecule has 1 aliphatic heterocycles. The summed E-state index contributed by atoms with van der Waals surface area (Å²) in [5.41, 5.74) is 6.41. The van der Waals surface area contributed by atoms with E-state index in [9.17, 15) is 13.6 Å². The van der Waals surface area contributed by atoms with E-state index < -0.39 is 12.7 Å². The van der Waals surface area contributed by atoms with Gasteiger partial charge in [0.05, 0.1) is 11.7 Å². The maximum Gasteiger partial charge on any atom is 0.387 e. The van der Waals surface area contributed by atoms with E-state index in [1.165, 1.54) is 6.07 Å². The number of nitrogens with one attached hydrogen (secondary N) is 1. The largest absolute Gasteiger partial charge is 0.433 e. The van der Waals surface area contributed by atoms with E-state index in [0.717, 1.165) is 12.8 Å². The van der Waals surface area contributed by atoms with Gasteiger partial charge in [0.15, 0.2) is 0 Å². The van der Waals surface area contributed by atoms with Gasteiger partial charge in [0.2, 0.25) is 5.91 Å². The summed E-state index contributed by atoms with van der Waals surface area (Å²) < 4.78 is 29.5. The van der Waals surface area contributed by atoms with E-state index in [1.54, 1.807) is 18.2 Å². The van der Waals surface area contributed by atoms with E-state index >= 15 is 0 Å². The predicted molar refractivity (Wildman–Crippen MR) is 84.7 cm³/mol. The minimum absolute atomic E-state index is 0.0370. The Morgan fingerprint density at radius 2 is 2.22 bits per heavy atom. The molecule has 1 fully saturated rings. The molecule has 0 radical (unpaired) electrons. The number of hydrogen-bond acceptors (Lipinski definition) is 4. The maximum atomic E-state index is 12.5. The molecule has 1 aromatic carbocycles. The van der Waals surface area contributed by atoms with Crippen LogP contribution >= 0.6 is 0 Å². The molecule has 0 bridgehead atoms. The van der Waals surface area contributed by atoms with Crippen LogP contribution in [0.25, 0.3) is 0 Å². The highest BCUT2D eigenvalue weighted by Crippen LogP contribution is 2.31. The van der Waals surface area contributed by atoms with Crippen molar-refractivity contribution in [2.45, 2.75) is 44.9 Å². The molecule has 1 aliphatic rings. The summed E-state index contributed by atoms with van der Waals surface area (Å²) in [4.78, 5) is 13.9. The van der Waals surface area contributed by atoms with Gasteiger partial charge in [-0.3, -0.25) is 4.79 Å². The number of anilines is 1. The first kappa shape index (κ1) is 17.5. The Morgan fingerprint density at radius 1 is 1.48 bits per heavy atom. The predicted octanol–water partition coefficient (Wildman–Crippen LogP) is 2.11. The van der Waals surface area contributed by atoms with Gasteiger partial charge in [-0.1, -0.05) is 25.5 Å². The lowest BCUT2D eigenvalue weighted by atomic mass is 10.1. The van der Waals surface area contributed by atoms with Crippen molar-refractivity contribution in [2.24, 2.45) is 5.73 Å². The van der Waals surface area contributed by atoms with Crippen molar-refractivity contribution in [3.63, 3.8) is 0 Å². The number of para-hydroxylation sites is 2. The summed E-state index contributed by atoms with van der Waals surface area (Å²) in [6.07, 6.45) is 2.24. The lowest BCUT2D eigenvalue weighted by Crippen LogP contribution is -2.46. The SMILES string of the molecule is CCCC(N)C(=O)NC1CCN(c2ccccc2OC(F)F)C1. The third kappa shape index (κ3) is 4.79. The molecule has 2 atom stereocenters. The average Bonchev–Trinajstić information content (AvgIpc) is 2.95.